The molecule has 0 fully saturated rings. The molecule has 2 heterocycles. The standard InChI is InChI=1S/C24H22Cl2N4O3S/c25-20-12-21(26)14-22(13-20)34(32,33)30-10-9-27-23(31)6-3-16-1-4-17(5-2-16)19-11-18-7-8-28-24(18)29-15-19/h1-2,4-5,7-8,11-15,30H,3,6,9-10H2,(H,27,31)(H,28,29). The third-order valence-corrected chi connectivity index (χ3v) is 7.09. The van der Waals surface area contributed by atoms with Gasteiger partial charge in [-0.2, -0.15) is 0 Å². The number of nitrogens with zero attached hydrogens (tertiary/aromatic N) is 1. The Bertz CT molecular complexity index is 1400. The van der Waals surface area contributed by atoms with Gasteiger partial charge in [-0.05, 0) is 47.9 Å². The quantitative estimate of drug-likeness (QED) is 0.283. The fourth-order valence-corrected chi connectivity index (χ4v) is 5.22. The zero-order chi connectivity index (χ0) is 24.1. The third kappa shape index (κ3) is 6.15. The van der Waals surface area contributed by atoms with Crippen LogP contribution >= 0.6 is 23.2 Å². The van der Waals surface area contributed by atoms with Gasteiger partial charge in [-0.25, -0.2) is 18.1 Å². The lowest BCUT2D eigenvalue weighted by atomic mass is 10.0. The van der Waals surface area contributed by atoms with Crippen LogP contribution in [0.25, 0.3) is 22.2 Å². The van der Waals surface area contributed by atoms with Crippen LogP contribution in [0.15, 0.2) is 71.9 Å². The van der Waals surface area contributed by atoms with Crippen molar-refractivity contribution in [2.75, 3.05) is 13.1 Å². The maximum Gasteiger partial charge on any atom is 0.240 e. The molecule has 4 rings (SSSR count). The first-order valence-corrected chi connectivity index (χ1v) is 12.8. The van der Waals surface area contributed by atoms with E-state index < -0.39 is 10.0 Å². The van der Waals surface area contributed by atoms with Crippen LogP contribution in [0.4, 0.5) is 0 Å². The molecule has 0 atom stereocenters. The number of aromatic nitrogens is 2. The molecule has 1 amide bonds. The molecule has 176 valence electrons. The third-order valence-electron chi connectivity index (χ3n) is 5.21. The van der Waals surface area contributed by atoms with Crippen LogP contribution in [-0.2, 0) is 21.2 Å². The number of carbonyl (C=O) groups excluding carboxylic acids is 1. The molecule has 10 heteroatoms. The Kier molecular flexibility index (Phi) is 7.53. The minimum absolute atomic E-state index is 0.0245. The summed E-state index contributed by atoms with van der Waals surface area (Å²) in [5, 5.41) is 4.23. The molecule has 0 saturated heterocycles. The summed E-state index contributed by atoms with van der Waals surface area (Å²) in [6.45, 7) is 0.215. The number of carbonyl (C=O) groups is 1. The van der Waals surface area contributed by atoms with Crippen molar-refractivity contribution >= 4 is 50.2 Å². The predicted molar refractivity (Wildman–Crippen MR) is 135 cm³/mol. The number of benzene rings is 2. The molecule has 0 aliphatic rings. The molecule has 2 aromatic heterocycles. The molecule has 0 aliphatic carbocycles. The van der Waals surface area contributed by atoms with E-state index in [0.29, 0.717) is 12.8 Å². The number of aromatic amines is 1. The largest absolute Gasteiger partial charge is 0.355 e. The fourth-order valence-electron chi connectivity index (χ4n) is 3.46. The fraction of sp³-hybridized carbons (Fsp3) is 0.167. The summed E-state index contributed by atoms with van der Waals surface area (Å²) in [7, 11) is -3.77. The zero-order valence-corrected chi connectivity index (χ0v) is 20.3. The molecule has 2 aromatic carbocycles. The van der Waals surface area contributed by atoms with E-state index in [-0.39, 0.29) is 33.9 Å². The molecule has 34 heavy (non-hydrogen) atoms. The van der Waals surface area contributed by atoms with Gasteiger partial charge in [0.25, 0.3) is 0 Å². The minimum Gasteiger partial charge on any atom is -0.355 e. The lowest BCUT2D eigenvalue weighted by Crippen LogP contribution is -2.34. The number of H-pyrrole nitrogens is 1. The highest BCUT2D eigenvalue weighted by atomic mass is 35.5. The van der Waals surface area contributed by atoms with E-state index in [0.717, 1.165) is 27.7 Å². The van der Waals surface area contributed by atoms with Crippen LogP contribution < -0.4 is 10.0 Å². The van der Waals surface area contributed by atoms with Crippen LogP contribution in [0.2, 0.25) is 10.0 Å². The van der Waals surface area contributed by atoms with Gasteiger partial charge in [0.05, 0.1) is 4.90 Å². The maximum atomic E-state index is 12.3. The summed E-state index contributed by atoms with van der Waals surface area (Å²) in [5.74, 6) is -0.156. The number of halogens is 2. The Morgan fingerprint density at radius 2 is 1.68 bits per heavy atom. The summed E-state index contributed by atoms with van der Waals surface area (Å²) < 4.78 is 27.1. The van der Waals surface area contributed by atoms with Crippen LogP contribution in [0.3, 0.4) is 0 Å². The number of aryl methyl sites for hydroxylation is 1. The van der Waals surface area contributed by atoms with Crippen LogP contribution in [0, 0.1) is 0 Å². The number of pyridine rings is 1. The summed E-state index contributed by atoms with van der Waals surface area (Å²) in [6, 6.07) is 16.2. The SMILES string of the molecule is O=C(CCc1ccc(-c2cnc3[nH]ccc3c2)cc1)NCCNS(=O)(=O)c1cc(Cl)cc(Cl)c1. The Morgan fingerprint density at radius 3 is 2.41 bits per heavy atom. The van der Waals surface area contributed by atoms with Gasteiger partial charge in [0.2, 0.25) is 15.9 Å². The maximum absolute atomic E-state index is 12.3. The van der Waals surface area contributed by atoms with Crippen molar-refractivity contribution in [3.8, 4) is 11.1 Å². The van der Waals surface area contributed by atoms with Gasteiger partial charge in [-0.3, -0.25) is 4.79 Å². The van der Waals surface area contributed by atoms with E-state index in [4.69, 9.17) is 23.2 Å². The van der Waals surface area contributed by atoms with Gasteiger partial charge in [0, 0.05) is 52.9 Å². The second-order valence-electron chi connectivity index (χ2n) is 7.69. The number of hydrogen-bond acceptors (Lipinski definition) is 4. The van der Waals surface area contributed by atoms with E-state index in [9.17, 15) is 13.2 Å². The lowest BCUT2D eigenvalue weighted by Gasteiger charge is -2.09. The normalized spacial score (nSPS) is 11.6. The molecule has 0 radical (unpaired) electrons. The summed E-state index contributed by atoms with van der Waals surface area (Å²) in [6.07, 6.45) is 4.57. The Balaban J connectivity index is 1.22. The van der Waals surface area contributed by atoms with E-state index >= 15 is 0 Å². The minimum atomic E-state index is -3.77. The monoisotopic (exact) mass is 516 g/mol. The molecule has 3 N–H and O–H groups in total. The molecular weight excluding hydrogens is 495 g/mol. The number of hydrogen-bond donors (Lipinski definition) is 3. The first-order valence-electron chi connectivity index (χ1n) is 10.5. The predicted octanol–water partition coefficient (Wildman–Crippen LogP) is 4.56. The number of rotatable bonds is 9. The summed E-state index contributed by atoms with van der Waals surface area (Å²) in [4.78, 5) is 19.6. The number of sulfonamides is 1. The molecule has 0 bridgehead atoms. The molecule has 7 nitrogen and oxygen atoms in total. The zero-order valence-electron chi connectivity index (χ0n) is 18.0. The summed E-state index contributed by atoms with van der Waals surface area (Å²) in [5.41, 5.74) is 3.97. The van der Waals surface area contributed by atoms with Crippen LogP contribution in [0.1, 0.15) is 12.0 Å². The van der Waals surface area contributed by atoms with Gasteiger partial charge in [-0.1, -0.05) is 47.5 Å². The van der Waals surface area contributed by atoms with Gasteiger partial charge in [-0.15, -0.1) is 0 Å². The van der Waals surface area contributed by atoms with Crippen LogP contribution in [0.5, 0.6) is 0 Å². The Hall–Kier alpha value is -2.91. The van der Waals surface area contributed by atoms with Crippen molar-refractivity contribution in [1.82, 2.24) is 20.0 Å². The van der Waals surface area contributed by atoms with E-state index in [1.165, 1.54) is 18.2 Å². The molecule has 0 aliphatic heterocycles. The van der Waals surface area contributed by atoms with Gasteiger partial charge in [0.15, 0.2) is 0 Å². The van der Waals surface area contributed by atoms with E-state index in [1.54, 1.807) is 0 Å². The first kappa shape index (κ1) is 24.2. The van der Waals surface area contributed by atoms with Crippen molar-refractivity contribution < 1.29 is 13.2 Å². The van der Waals surface area contributed by atoms with Crippen molar-refractivity contribution in [3.05, 3.63) is 82.6 Å². The van der Waals surface area contributed by atoms with Gasteiger partial charge < -0.3 is 10.3 Å². The number of amides is 1. The highest BCUT2D eigenvalue weighted by Crippen LogP contribution is 2.23. The van der Waals surface area contributed by atoms with E-state index in [1.807, 2.05) is 42.7 Å². The van der Waals surface area contributed by atoms with E-state index in [2.05, 4.69) is 26.1 Å². The van der Waals surface area contributed by atoms with Crippen molar-refractivity contribution in [2.45, 2.75) is 17.7 Å². The smallest absolute Gasteiger partial charge is 0.240 e. The Morgan fingerprint density at radius 1 is 0.941 bits per heavy atom. The second kappa shape index (κ2) is 10.6. The average Bonchev–Trinajstić information content (AvgIpc) is 3.28. The van der Waals surface area contributed by atoms with Gasteiger partial charge >= 0.3 is 0 Å². The Labute approximate surface area is 207 Å². The van der Waals surface area contributed by atoms with Gasteiger partial charge in [0.1, 0.15) is 5.65 Å². The molecule has 0 spiro atoms. The lowest BCUT2D eigenvalue weighted by molar-refractivity contribution is -0.121. The van der Waals surface area contributed by atoms with Crippen molar-refractivity contribution in [2.24, 2.45) is 0 Å². The number of fused-ring (bicyclic) bond motifs is 1. The molecule has 0 unspecified atom stereocenters. The highest BCUT2D eigenvalue weighted by Gasteiger charge is 2.15. The van der Waals surface area contributed by atoms with Crippen molar-refractivity contribution in [1.29, 1.82) is 0 Å². The van der Waals surface area contributed by atoms with Crippen molar-refractivity contribution in [3.63, 3.8) is 0 Å². The topological polar surface area (TPSA) is 104 Å². The molecule has 0 saturated carbocycles. The van der Waals surface area contributed by atoms with Crippen LogP contribution in [-0.4, -0.2) is 37.4 Å². The number of nitrogens with one attached hydrogen (secondary N) is 3. The molecular formula is C24H22Cl2N4O3S. The highest BCUT2D eigenvalue weighted by molar-refractivity contribution is 7.89. The molecule has 4 aromatic rings. The first-order chi connectivity index (χ1) is 16.3. The summed E-state index contributed by atoms with van der Waals surface area (Å²) >= 11 is 11.7. The average molecular weight is 517 g/mol. The second-order valence-corrected chi connectivity index (χ2v) is 10.3.